The van der Waals surface area contributed by atoms with E-state index in [2.05, 4.69) is 5.32 Å². The van der Waals surface area contributed by atoms with E-state index in [4.69, 9.17) is 9.15 Å². The Morgan fingerprint density at radius 3 is 2.55 bits per heavy atom. The summed E-state index contributed by atoms with van der Waals surface area (Å²) >= 11 is 0. The van der Waals surface area contributed by atoms with Crippen molar-refractivity contribution in [1.29, 1.82) is 0 Å². The Labute approximate surface area is 171 Å². The number of fused-ring (bicyclic) bond motifs is 1. The van der Waals surface area contributed by atoms with Crippen molar-refractivity contribution in [2.75, 3.05) is 32.8 Å². The van der Waals surface area contributed by atoms with Crippen LogP contribution < -0.4 is 5.32 Å². The number of hydrogen-bond acceptors (Lipinski definition) is 6. The van der Waals surface area contributed by atoms with Gasteiger partial charge < -0.3 is 14.5 Å². The van der Waals surface area contributed by atoms with Gasteiger partial charge in [0.15, 0.2) is 0 Å². The fourth-order valence-electron chi connectivity index (χ4n) is 4.56. The molecule has 0 atom stereocenters. The van der Waals surface area contributed by atoms with Crippen LogP contribution in [-0.2, 0) is 14.8 Å². The van der Waals surface area contributed by atoms with Gasteiger partial charge in [0.25, 0.3) is 0 Å². The monoisotopic (exact) mass is 420 g/mol. The molecular weight excluding hydrogens is 392 g/mol. The van der Waals surface area contributed by atoms with Gasteiger partial charge in [-0.05, 0) is 76.2 Å². The van der Waals surface area contributed by atoms with Gasteiger partial charge in [-0.3, -0.25) is 0 Å². The molecular formula is C21H28N2O5S. The van der Waals surface area contributed by atoms with Crippen molar-refractivity contribution in [2.45, 2.75) is 44.4 Å². The molecule has 2 aliphatic heterocycles. The molecule has 0 radical (unpaired) electrons. The zero-order valence-corrected chi connectivity index (χ0v) is 17.8. The van der Waals surface area contributed by atoms with Crippen LogP contribution in [-0.4, -0.2) is 51.5 Å². The first-order chi connectivity index (χ1) is 13.9. The first-order valence-corrected chi connectivity index (χ1v) is 11.7. The van der Waals surface area contributed by atoms with Gasteiger partial charge in [-0.15, -0.1) is 0 Å². The summed E-state index contributed by atoms with van der Waals surface area (Å²) in [4.78, 5) is 12.3. The molecule has 2 saturated heterocycles. The summed E-state index contributed by atoms with van der Waals surface area (Å²) in [5, 5.41) is 4.02. The number of rotatable bonds is 4. The second kappa shape index (κ2) is 7.74. The largest absolute Gasteiger partial charge is 0.460 e. The number of esters is 1. The Hall–Kier alpha value is -1.90. The minimum atomic E-state index is -3.59. The molecule has 0 aliphatic carbocycles. The molecule has 0 saturated carbocycles. The maximum absolute atomic E-state index is 13.2. The average Bonchev–Trinajstić information content (AvgIpc) is 3.05. The molecule has 1 N–H and O–H groups in total. The van der Waals surface area contributed by atoms with Gasteiger partial charge in [0.05, 0.1) is 11.5 Å². The second-order valence-electron chi connectivity index (χ2n) is 8.09. The Kier molecular flexibility index (Phi) is 5.44. The maximum Gasteiger partial charge on any atom is 0.374 e. The lowest BCUT2D eigenvalue weighted by molar-refractivity contribution is 0.0491. The van der Waals surface area contributed by atoms with Gasteiger partial charge in [0.1, 0.15) is 5.58 Å². The third-order valence-electron chi connectivity index (χ3n) is 6.45. The van der Waals surface area contributed by atoms with Crippen LogP contribution in [0.2, 0.25) is 0 Å². The van der Waals surface area contributed by atoms with Crippen LogP contribution in [0.4, 0.5) is 0 Å². The van der Waals surface area contributed by atoms with Gasteiger partial charge in [0, 0.05) is 24.0 Å². The number of sulfonamides is 1. The van der Waals surface area contributed by atoms with Gasteiger partial charge in [0.2, 0.25) is 15.8 Å². The van der Waals surface area contributed by atoms with Crippen LogP contribution >= 0.6 is 0 Å². The normalized spacial score (nSPS) is 20.2. The average molecular weight is 421 g/mol. The fraction of sp³-hybridized carbons (Fsp3) is 0.571. The van der Waals surface area contributed by atoms with E-state index in [1.807, 2.05) is 0 Å². The Morgan fingerprint density at radius 2 is 1.90 bits per heavy atom. The molecule has 1 spiro atoms. The number of aryl methyl sites for hydroxylation is 1. The Bertz CT molecular complexity index is 1010. The van der Waals surface area contributed by atoms with E-state index in [-0.39, 0.29) is 22.7 Å². The van der Waals surface area contributed by atoms with Crippen molar-refractivity contribution in [1.82, 2.24) is 9.62 Å². The topological polar surface area (TPSA) is 88.8 Å². The number of hydrogen-bond donors (Lipinski definition) is 1. The SMILES string of the molecule is CCOC(=O)c1oc2ccc(S(=O)(=O)N3CCC4(CCNCC4)CC3)cc2c1C. The van der Waals surface area contributed by atoms with Gasteiger partial charge in [-0.25, -0.2) is 13.2 Å². The predicted molar refractivity (Wildman–Crippen MR) is 109 cm³/mol. The van der Waals surface area contributed by atoms with Crippen LogP contribution in [0.15, 0.2) is 27.5 Å². The van der Waals surface area contributed by atoms with Gasteiger partial charge in [-0.1, -0.05) is 0 Å². The maximum atomic E-state index is 13.2. The molecule has 2 fully saturated rings. The summed E-state index contributed by atoms with van der Waals surface area (Å²) < 4.78 is 38.7. The number of carbonyl (C=O) groups excluding carboxylic acids is 1. The third kappa shape index (κ3) is 3.69. The standard InChI is InChI=1S/C21H28N2O5S/c1-3-27-20(24)19-15(2)17-14-16(4-5-18(17)28-19)29(25,26)23-12-8-21(9-13-23)6-10-22-11-7-21/h4-5,14,22H,3,6-13H2,1-2H3. The highest BCUT2D eigenvalue weighted by atomic mass is 32.2. The number of piperidine rings is 2. The molecule has 2 aromatic rings. The summed E-state index contributed by atoms with van der Waals surface area (Å²) in [5.41, 5.74) is 1.37. The third-order valence-corrected chi connectivity index (χ3v) is 8.35. The van der Waals surface area contributed by atoms with Crippen molar-refractivity contribution in [3.8, 4) is 0 Å². The first-order valence-electron chi connectivity index (χ1n) is 10.3. The Morgan fingerprint density at radius 1 is 1.21 bits per heavy atom. The van der Waals surface area contributed by atoms with Crippen LogP contribution in [0.25, 0.3) is 11.0 Å². The highest BCUT2D eigenvalue weighted by Gasteiger charge is 2.39. The van der Waals surface area contributed by atoms with E-state index >= 15 is 0 Å². The molecule has 1 aromatic heterocycles. The minimum Gasteiger partial charge on any atom is -0.460 e. The molecule has 7 nitrogen and oxygen atoms in total. The van der Waals surface area contributed by atoms with E-state index in [9.17, 15) is 13.2 Å². The van der Waals surface area contributed by atoms with Crippen molar-refractivity contribution in [2.24, 2.45) is 5.41 Å². The second-order valence-corrected chi connectivity index (χ2v) is 10.0. The molecule has 1 aromatic carbocycles. The van der Waals surface area contributed by atoms with Crippen LogP contribution in [0, 0.1) is 12.3 Å². The van der Waals surface area contributed by atoms with E-state index in [0.29, 0.717) is 29.6 Å². The quantitative estimate of drug-likeness (QED) is 0.765. The molecule has 0 bridgehead atoms. The first kappa shape index (κ1) is 20.4. The van der Waals surface area contributed by atoms with Gasteiger partial charge >= 0.3 is 5.97 Å². The van der Waals surface area contributed by atoms with E-state index in [1.54, 1.807) is 36.4 Å². The molecule has 0 amide bonds. The summed E-state index contributed by atoms with van der Waals surface area (Å²) in [6.45, 7) is 6.88. The van der Waals surface area contributed by atoms with E-state index in [0.717, 1.165) is 38.8 Å². The predicted octanol–water partition coefficient (Wildman–Crippen LogP) is 3.07. The van der Waals surface area contributed by atoms with Crippen LogP contribution in [0.5, 0.6) is 0 Å². The van der Waals surface area contributed by atoms with E-state index < -0.39 is 16.0 Å². The molecule has 4 rings (SSSR count). The lowest BCUT2D eigenvalue weighted by atomic mass is 9.72. The number of nitrogens with one attached hydrogen (secondary N) is 1. The number of ether oxygens (including phenoxy) is 1. The van der Waals surface area contributed by atoms with Gasteiger partial charge in [-0.2, -0.15) is 4.31 Å². The minimum absolute atomic E-state index is 0.127. The molecule has 158 valence electrons. The van der Waals surface area contributed by atoms with E-state index in [1.165, 1.54) is 0 Å². The lowest BCUT2D eigenvalue weighted by Crippen LogP contribution is -2.47. The van der Waals surface area contributed by atoms with Crippen molar-refractivity contribution in [3.63, 3.8) is 0 Å². The summed E-state index contributed by atoms with van der Waals surface area (Å²) in [7, 11) is -3.59. The molecule has 3 heterocycles. The van der Waals surface area contributed by atoms with Crippen molar-refractivity contribution in [3.05, 3.63) is 29.5 Å². The zero-order chi connectivity index (χ0) is 20.6. The van der Waals surface area contributed by atoms with Crippen LogP contribution in [0.3, 0.4) is 0 Å². The number of carbonyl (C=O) groups is 1. The summed E-state index contributed by atoms with van der Waals surface area (Å²) in [6, 6.07) is 4.79. The highest BCUT2D eigenvalue weighted by molar-refractivity contribution is 7.89. The number of nitrogens with zero attached hydrogens (tertiary/aromatic N) is 1. The molecule has 2 aliphatic rings. The summed E-state index contributed by atoms with van der Waals surface area (Å²) in [5.74, 6) is -0.406. The molecule has 8 heteroatoms. The smallest absolute Gasteiger partial charge is 0.374 e. The number of benzene rings is 1. The fourth-order valence-corrected chi connectivity index (χ4v) is 6.03. The highest BCUT2D eigenvalue weighted by Crippen LogP contribution is 2.41. The van der Waals surface area contributed by atoms with Crippen LogP contribution in [0.1, 0.15) is 48.7 Å². The summed E-state index contributed by atoms with van der Waals surface area (Å²) in [6.07, 6.45) is 4.07. The number of furan rings is 1. The lowest BCUT2D eigenvalue weighted by Gasteiger charge is -2.43. The Balaban J connectivity index is 1.58. The molecule has 29 heavy (non-hydrogen) atoms. The van der Waals surface area contributed by atoms with Crippen molar-refractivity contribution >= 4 is 27.0 Å². The molecule has 0 unspecified atom stereocenters. The van der Waals surface area contributed by atoms with Crippen molar-refractivity contribution < 1.29 is 22.4 Å². The zero-order valence-electron chi connectivity index (χ0n) is 17.0.